The van der Waals surface area contributed by atoms with Crippen molar-refractivity contribution in [3.8, 4) is 11.8 Å². The molecule has 2 spiro atoms. The zero-order valence-electron chi connectivity index (χ0n) is 29.7. The Morgan fingerprint density at radius 2 is 1.96 bits per heavy atom. The van der Waals surface area contributed by atoms with Crippen molar-refractivity contribution in [1.29, 1.82) is 0 Å². The number of nitrogens with one attached hydrogen (secondary N) is 2. The van der Waals surface area contributed by atoms with Crippen LogP contribution in [-0.2, 0) is 13.0 Å². The lowest BCUT2D eigenvalue weighted by molar-refractivity contribution is -0.128. The first-order valence-corrected chi connectivity index (χ1v) is 19.0. The zero-order valence-corrected chi connectivity index (χ0v) is 29.7. The summed E-state index contributed by atoms with van der Waals surface area (Å²) in [5, 5.41) is 53.9. The molecule has 8 N–H and O–H groups in total. The molecule has 5 saturated carbocycles. The van der Waals surface area contributed by atoms with Gasteiger partial charge in [-0.3, -0.25) is 4.99 Å². The number of hydrogen-bond donors (Lipinski definition) is 7. The Morgan fingerprint density at radius 1 is 1.12 bits per heavy atom. The highest BCUT2D eigenvalue weighted by atomic mass is 16.3. The normalized spacial score (nSPS) is 44.2. The maximum Gasteiger partial charge on any atom is 0.189 e. The third kappa shape index (κ3) is 5.06. The predicted molar refractivity (Wildman–Crippen MR) is 195 cm³/mol. The first-order chi connectivity index (χ1) is 24.4. The first kappa shape index (κ1) is 33.2. The van der Waals surface area contributed by atoms with E-state index < -0.39 is 34.4 Å². The first-order valence-electron chi connectivity index (χ1n) is 19.0. The van der Waals surface area contributed by atoms with E-state index in [9.17, 15) is 20.4 Å². The number of aliphatic imine (C=N–C) groups is 1. The Balaban J connectivity index is 1.24. The number of aliphatic hydroxyl groups is 4. The Labute approximate surface area is 299 Å². The lowest BCUT2D eigenvalue weighted by atomic mass is 9.46. The molecule has 10 heteroatoms. The van der Waals surface area contributed by atoms with Crippen molar-refractivity contribution in [3.05, 3.63) is 66.4 Å². The lowest BCUT2D eigenvalue weighted by Gasteiger charge is -2.58. The number of aromatic nitrogens is 3. The molecule has 1 aromatic carbocycles. The number of rotatable bonds is 5. The van der Waals surface area contributed by atoms with Crippen LogP contribution >= 0.6 is 0 Å². The van der Waals surface area contributed by atoms with Crippen LogP contribution in [0.2, 0.25) is 0 Å². The molecule has 10 nitrogen and oxygen atoms in total. The number of fused-ring (bicyclic) bond motifs is 2. The molecule has 0 amide bonds. The number of aromatic amines is 1. The number of para-hydroxylation sites is 1. The highest BCUT2D eigenvalue weighted by molar-refractivity contribution is 5.80. The average Bonchev–Trinajstić information content (AvgIpc) is 3.86. The van der Waals surface area contributed by atoms with Crippen molar-refractivity contribution in [1.82, 2.24) is 19.9 Å². The third-order valence-corrected chi connectivity index (χ3v) is 14.8. The highest BCUT2D eigenvalue weighted by Crippen LogP contribution is 2.72. The Morgan fingerprint density at radius 3 is 2.75 bits per heavy atom. The molecule has 270 valence electrons. The Bertz CT molecular complexity index is 1920. The fourth-order valence-corrected chi connectivity index (χ4v) is 12.6. The van der Waals surface area contributed by atoms with Gasteiger partial charge in [0.25, 0.3) is 0 Å². The molecule has 2 heterocycles. The van der Waals surface area contributed by atoms with Gasteiger partial charge in [-0.05, 0) is 105 Å². The van der Waals surface area contributed by atoms with Gasteiger partial charge >= 0.3 is 0 Å². The zero-order chi connectivity index (χ0) is 35.4. The van der Waals surface area contributed by atoms with E-state index in [1.165, 1.54) is 11.0 Å². The van der Waals surface area contributed by atoms with Crippen molar-refractivity contribution in [3.63, 3.8) is 0 Å². The number of imidazole rings is 1. The molecule has 0 saturated heterocycles. The van der Waals surface area contributed by atoms with Gasteiger partial charge in [0, 0.05) is 54.8 Å². The van der Waals surface area contributed by atoms with Gasteiger partial charge in [-0.2, -0.15) is 0 Å². The minimum Gasteiger partial charge on any atom is -0.390 e. The number of guanidine groups is 1. The quantitative estimate of drug-likeness (QED) is 0.0929. The number of nitrogens with zero attached hydrogens (tertiary/aromatic N) is 3. The molecule has 2 aromatic heterocycles. The number of hydrogen-bond acceptors (Lipinski definition) is 6. The van der Waals surface area contributed by atoms with Gasteiger partial charge in [0.2, 0.25) is 0 Å². The van der Waals surface area contributed by atoms with Gasteiger partial charge in [-0.25, -0.2) is 4.98 Å². The van der Waals surface area contributed by atoms with Crippen LogP contribution in [0.1, 0.15) is 70.4 Å². The summed E-state index contributed by atoms with van der Waals surface area (Å²) in [6.07, 6.45) is 13.7. The van der Waals surface area contributed by atoms with Gasteiger partial charge < -0.3 is 41.0 Å². The number of benzene rings is 1. The molecule has 0 aliphatic heterocycles. The van der Waals surface area contributed by atoms with Crippen LogP contribution in [0.4, 0.5) is 0 Å². The molecule has 7 aliphatic carbocycles. The highest BCUT2D eigenvalue weighted by Gasteiger charge is 2.72. The third-order valence-electron chi connectivity index (χ3n) is 14.8. The van der Waals surface area contributed by atoms with Crippen LogP contribution < -0.4 is 11.1 Å². The topological polar surface area (TPSA) is 165 Å². The molecule has 51 heavy (non-hydrogen) atoms. The summed E-state index contributed by atoms with van der Waals surface area (Å²) in [5.41, 5.74) is 5.64. The molecular formula is C41H52N6O4. The van der Waals surface area contributed by atoms with E-state index in [2.05, 4.69) is 68.5 Å². The van der Waals surface area contributed by atoms with Crippen molar-refractivity contribution < 1.29 is 20.4 Å². The number of H-pyrrole nitrogens is 1. The van der Waals surface area contributed by atoms with Crippen LogP contribution in [0.3, 0.4) is 0 Å². The Kier molecular flexibility index (Phi) is 7.45. The van der Waals surface area contributed by atoms with E-state index in [0.29, 0.717) is 32.2 Å². The number of allylic oxidation sites excluding steroid dienone is 2. The molecular weight excluding hydrogens is 640 g/mol. The summed E-state index contributed by atoms with van der Waals surface area (Å²) in [7, 11) is 1.62. The van der Waals surface area contributed by atoms with Crippen LogP contribution in [0.25, 0.3) is 10.9 Å². The van der Waals surface area contributed by atoms with E-state index in [1.54, 1.807) is 19.6 Å². The Hall–Kier alpha value is -3.62. The van der Waals surface area contributed by atoms with Gasteiger partial charge in [-0.1, -0.05) is 41.7 Å². The van der Waals surface area contributed by atoms with E-state index in [0.717, 1.165) is 43.3 Å². The summed E-state index contributed by atoms with van der Waals surface area (Å²) >= 11 is 0. The molecule has 12 unspecified atom stereocenters. The summed E-state index contributed by atoms with van der Waals surface area (Å²) < 4.78 is 1.98. The van der Waals surface area contributed by atoms with Crippen LogP contribution in [-0.4, -0.2) is 76.9 Å². The predicted octanol–water partition coefficient (Wildman–Crippen LogP) is 3.66. The fraction of sp³-hybridized carbons (Fsp3) is 0.610. The maximum atomic E-state index is 12.9. The second-order valence-corrected chi connectivity index (χ2v) is 17.5. The second kappa shape index (κ2) is 11.4. The fourth-order valence-electron chi connectivity index (χ4n) is 12.6. The summed E-state index contributed by atoms with van der Waals surface area (Å²) in [4.78, 5) is 12.1. The van der Waals surface area contributed by atoms with Crippen LogP contribution in [0, 0.1) is 52.3 Å². The molecule has 5 fully saturated rings. The van der Waals surface area contributed by atoms with E-state index in [-0.39, 0.29) is 47.4 Å². The van der Waals surface area contributed by atoms with Crippen molar-refractivity contribution >= 4 is 16.9 Å². The van der Waals surface area contributed by atoms with Crippen molar-refractivity contribution in [2.75, 3.05) is 7.05 Å². The molecule has 3 aromatic rings. The second-order valence-electron chi connectivity index (χ2n) is 17.5. The van der Waals surface area contributed by atoms with E-state index in [1.807, 2.05) is 17.7 Å². The van der Waals surface area contributed by atoms with Gasteiger partial charge in [0.1, 0.15) is 0 Å². The van der Waals surface area contributed by atoms with Crippen molar-refractivity contribution in [2.24, 2.45) is 51.1 Å². The van der Waals surface area contributed by atoms with Crippen molar-refractivity contribution in [2.45, 2.75) is 107 Å². The standard InChI is InChI=1S/C41H52N6O4/c1-37(49)26-8-10-31-35-32(37)17-34(48)41(35,51)21-29(46-36(42)43-2)9-7-27-18-38(11-12-39(50,22-38)23-47-14-13-44-24-47)19-28(40(27,31)20-26)16-30-15-25-5-3-4-6-33(25)45-30/h3-6,13-15,19,24,26-27,29,31-32,34-35,45,48-51H,8,10-12,16-18,20-23H2,1-2H3,(H3,42,43,46). The van der Waals surface area contributed by atoms with Gasteiger partial charge in [0.15, 0.2) is 5.96 Å². The molecule has 0 radical (unpaired) electrons. The minimum atomic E-state index is -1.47. The van der Waals surface area contributed by atoms with Gasteiger partial charge in [-0.15, -0.1) is 0 Å². The number of aliphatic hydroxyl groups excluding tert-OH is 1. The smallest absolute Gasteiger partial charge is 0.189 e. The molecule has 7 aliphatic rings. The molecule has 4 bridgehead atoms. The summed E-state index contributed by atoms with van der Waals surface area (Å²) in [6, 6.07) is 10.1. The molecule has 12 atom stereocenters. The minimum absolute atomic E-state index is 0.000679. The monoisotopic (exact) mass is 692 g/mol. The van der Waals surface area contributed by atoms with Crippen LogP contribution in [0.15, 0.2) is 65.7 Å². The molecule has 10 rings (SSSR count). The average molecular weight is 693 g/mol. The van der Waals surface area contributed by atoms with Gasteiger partial charge in [0.05, 0.1) is 41.8 Å². The summed E-state index contributed by atoms with van der Waals surface area (Å²) in [5.74, 6) is 6.96. The number of nitrogens with two attached hydrogens (primary N) is 1. The summed E-state index contributed by atoms with van der Waals surface area (Å²) in [6.45, 7) is 2.46. The van der Waals surface area contributed by atoms with E-state index in [4.69, 9.17) is 5.73 Å². The largest absolute Gasteiger partial charge is 0.390 e. The van der Waals surface area contributed by atoms with Crippen LogP contribution in [0.5, 0.6) is 0 Å². The van der Waals surface area contributed by atoms with E-state index >= 15 is 0 Å². The lowest BCUT2D eigenvalue weighted by Crippen LogP contribution is -2.56. The maximum absolute atomic E-state index is 12.9. The SMILES string of the molecule is CN=C(N)NC1C#CC2CC3(C=C(Cc4cc5ccccc5[nH]4)C24CC2CCC4C4C(CC(O)C4(O)C1)C2(C)O)CCC(O)(Cn1ccnc1)C3.